The molecule has 2 heterocycles. The van der Waals surface area contributed by atoms with E-state index in [0.29, 0.717) is 0 Å². The summed E-state index contributed by atoms with van der Waals surface area (Å²) in [5, 5.41) is 17.0. The topological polar surface area (TPSA) is 12.9 Å². The second-order valence-corrected chi connectivity index (χ2v) is 15.6. The zero-order valence-corrected chi connectivity index (χ0v) is 27.7. The summed E-state index contributed by atoms with van der Waals surface area (Å²) in [6, 6.07) is 58.2. The fourth-order valence-electron chi connectivity index (χ4n) is 7.63. The minimum Gasteiger partial charge on any atom is -0.264 e. The maximum Gasteiger partial charge on any atom is 0.0353 e. The molecule has 2 aromatic heterocycles. The number of fused-ring (bicyclic) bond motifs is 8. The van der Waals surface area contributed by atoms with E-state index in [1.165, 1.54) is 90.3 Å². The molecule has 0 saturated heterocycles. The van der Waals surface area contributed by atoms with E-state index >= 15 is 0 Å². The standard InChI is InChI=1S/C45H28NPS/c1-2-13-30(14-3-1)47-42-21-11-10-18-35(42)39-27-31(22-23-43(39)47)48-45-37-20-9-8-19-36(37)44(41-28-46-25-24-38(41)45)40-26-29-12-4-5-15-32(29)33-16-6-7-17-34(33)40/h1-28H. The van der Waals surface area contributed by atoms with Gasteiger partial charge < -0.3 is 0 Å². The molecule has 1 nitrogen and oxygen atoms in total. The highest BCUT2D eigenvalue weighted by Crippen LogP contribution is 2.56. The van der Waals surface area contributed by atoms with Crippen molar-refractivity contribution in [3.63, 3.8) is 0 Å². The Bertz CT molecular complexity index is 2810. The lowest BCUT2D eigenvalue weighted by atomic mass is 9.88. The number of hydrogen-bond donors (Lipinski definition) is 0. The number of benzene rings is 8. The van der Waals surface area contributed by atoms with Crippen LogP contribution in [0.5, 0.6) is 0 Å². The van der Waals surface area contributed by atoms with Crippen molar-refractivity contribution in [2.24, 2.45) is 0 Å². The van der Waals surface area contributed by atoms with Gasteiger partial charge >= 0.3 is 0 Å². The summed E-state index contributed by atoms with van der Waals surface area (Å²) in [6.45, 7) is 0. The fourth-order valence-corrected chi connectivity index (χ4v) is 11.4. The number of aromatic nitrogens is 1. The Hall–Kier alpha value is -5.40. The molecule has 10 aromatic rings. The molecular weight excluding hydrogens is 618 g/mol. The molecule has 0 radical (unpaired) electrons. The third kappa shape index (κ3) is 4.24. The average molecular weight is 646 g/mol. The van der Waals surface area contributed by atoms with E-state index in [0.717, 1.165) is 0 Å². The van der Waals surface area contributed by atoms with Crippen LogP contribution in [-0.2, 0) is 0 Å². The van der Waals surface area contributed by atoms with Crippen molar-refractivity contribution in [2.45, 2.75) is 9.79 Å². The fraction of sp³-hybridized carbons (Fsp3) is 0. The minimum atomic E-state index is -0.575. The lowest BCUT2D eigenvalue weighted by molar-refractivity contribution is 1.36. The monoisotopic (exact) mass is 645 g/mol. The number of rotatable bonds is 4. The van der Waals surface area contributed by atoms with Crippen molar-refractivity contribution in [1.29, 1.82) is 0 Å². The molecule has 0 fully saturated rings. The van der Waals surface area contributed by atoms with E-state index in [1.807, 2.05) is 18.0 Å². The quantitative estimate of drug-likeness (QED) is 0.140. The van der Waals surface area contributed by atoms with Crippen molar-refractivity contribution in [1.82, 2.24) is 4.98 Å². The van der Waals surface area contributed by atoms with Crippen LogP contribution in [0.2, 0.25) is 0 Å². The van der Waals surface area contributed by atoms with E-state index in [-0.39, 0.29) is 0 Å². The molecule has 48 heavy (non-hydrogen) atoms. The van der Waals surface area contributed by atoms with Gasteiger partial charge in [0.1, 0.15) is 0 Å². The molecule has 224 valence electrons. The minimum absolute atomic E-state index is 0.575. The number of pyridine rings is 1. The highest BCUT2D eigenvalue weighted by Gasteiger charge is 2.20. The Balaban J connectivity index is 1.22. The molecule has 10 rings (SSSR count). The van der Waals surface area contributed by atoms with Gasteiger partial charge in [-0.3, -0.25) is 4.98 Å². The summed E-state index contributed by atoms with van der Waals surface area (Å²) in [7, 11) is -0.575. The third-order valence-corrected chi connectivity index (χ3v) is 13.4. The van der Waals surface area contributed by atoms with Gasteiger partial charge in [-0.15, -0.1) is 0 Å². The molecule has 0 N–H and O–H groups in total. The zero-order chi connectivity index (χ0) is 31.6. The van der Waals surface area contributed by atoms with Gasteiger partial charge in [-0.05, 0) is 95.2 Å². The predicted molar refractivity (Wildman–Crippen MR) is 209 cm³/mol. The summed E-state index contributed by atoms with van der Waals surface area (Å²) in [6.07, 6.45) is 4.01. The SMILES string of the molecule is c1ccc(-p2c3ccccc3c3cc(Sc4c5ccccc5c(-c5cc6ccccc6c6ccccc56)c5cnccc45)ccc32)cc1. The van der Waals surface area contributed by atoms with E-state index in [9.17, 15) is 0 Å². The van der Waals surface area contributed by atoms with Crippen molar-refractivity contribution in [2.75, 3.05) is 0 Å². The summed E-state index contributed by atoms with van der Waals surface area (Å²) < 4.78 is 0. The van der Waals surface area contributed by atoms with Crippen molar-refractivity contribution < 1.29 is 0 Å². The van der Waals surface area contributed by atoms with Crippen LogP contribution < -0.4 is 0 Å². The normalized spacial score (nSPS) is 12.2. The maximum absolute atomic E-state index is 4.70. The van der Waals surface area contributed by atoms with Crippen LogP contribution in [0.3, 0.4) is 0 Å². The van der Waals surface area contributed by atoms with E-state index < -0.39 is 7.53 Å². The largest absolute Gasteiger partial charge is 0.264 e. The molecule has 0 aliphatic rings. The predicted octanol–water partition coefficient (Wildman–Crippen LogP) is 13.8. The van der Waals surface area contributed by atoms with Gasteiger partial charge in [0.25, 0.3) is 0 Å². The first-order chi connectivity index (χ1) is 23.8. The Morgan fingerprint density at radius 3 is 1.94 bits per heavy atom. The van der Waals surface area contributed by atoms with Crippen LogP contribution in [0, 0.1) is 0 Å². The second kappa shape index (κ2) is 11.1. The number of hydrogen-bond acceptors (Lipinski definition) is 2. The van der Waals surface area contributed by atoms with Crippen LogP contribution >= 0.6 is 19.3 Å². The molecule has 0 aliphatic carbocycles. The summed E-state index contributed by atoms with van der Waals surface area (Å²) in [5.41, 5.74) is 2.50. The molecule has 0 saturated carbocycles. The Kier molecular flexibility index (Phi) is 6.40. The van der Waals surface area contributed by atoms with Crippen molar-refractivity contribution in [3.8, 4) is 16.4 Å². The molecule has 3 heteroatoms. The van der Waals surface area contributed by atoms with Crippen LogP contribution in [0.15, 0.2) is 180 Å². The average Bonchev–Trinajstić information content (AvgIpc) is 3.49. The van der Waals surface area contributed by atoms with Gasteiger partial charge in [0, 0.05) is 37.8 Å². The Morgan fingerprint density at radius 1 is 0.438 bits per heavy atom. The summed E-state index contributed by atoms with van der Waals surface area (Å²) >= 11 is 1.87. The second-order valence-electron chi connectivity index (χ2n) is 12.3. The maximum atomic E-state index is 4.70. The van der Waals surface area contributed by atoms with Crippen LogP contribution in [0.1, 0.15) is 0 Å². The van der Waals surface area contributed by atoms with Gasteiger partial charge in [0.2, 0.25) is 0 Å². The first-order valence-corrected chi connectivity index (χ1v) is 18.4. The molecule has 0 bridgehead atoms. The van der Waals surface area contributed by atoms with E-state index in [4.69, 9.17) is 4.98 Å². The molecule has 1 unspecified atom stereocenters. The van der Waals surface area contributed by atoms with Gasteiger partial charge in [-0.25, -0.2) is 0 Å². The smallest absolute Gasteiger partial charge is 0.0353 e. The molecule has 0 spiro atoms. The first kappa shape index (κ1) is 27.7. The van der Waals surface area contributed by atoms with Crippen molar-refractivity contribution >= 4 is 83.4 Å². The van der Waals surface area contributed by atoms with Gasteiger partial charge in [0.15, 0.2) is 0 Å². The van der Waals surface area contributed by atoms with Gasteiger partial charge in [-0.2, -0.15) is 0 Å². The molecule has 1 atom stereocenters. The van der Waals surface area contributed by atoms with Gasteiger partial charge in [0.05, 0.1) is 0 Å². The third-order valence-electron chi connectivity index (χ3n) is 9.69. The van der Waals surface area contributed by atoms with Crippen LogP contribution in [0.4, 0.5) is 0 Å². The Labute approximate surface area is 283 Å². The van der Waals surface area contributed by atoms with Crippen LogP contribution in [-0.4, -0.2) is 4.98 Å². The summed E-state index contributed by atoms with van der Waals surface area (Å²) in [4.78, 5) is 7.22. The number of nitrogens with zero attached hydrogens (tertiary/aromatic N) is 1. The molecule has 0 aliphatic heterocycles. The van der Waals surface area contributed by atoms with E-state index in [1.54, 1.807) is 0 Å². The Morgan fingerprint density at radius 2 is 1.08 bits per heavy atom. The molecular formula is C45H28NPS. The summed E-state index contributed by atoms with van der Waals surface area (Å²) in [5.74, 6) is 0. The molecule has 0 amide bonds. The lowest BCUT2D eigenvalue weighted by Gasteiger charge is -2.19. The lowest BCUT2D eigenvalue weighted by Crippen LogP contribution is -1.92. The highest BCUT2D eigenvalue weighted by atomic mass is 32.2. The highest BCUT2D eigenvalue weighted by molar-refractivity contribution is 7.99. The molecule has 8 aromatic carbocycles. The first-order valence-electron chi connectivity index (χ1n) is 16.3. The van der Waals surface area contributed by atoms with Crippen LogP contribution in [0.25, 0.3) is 80.5 Å². The van der Waals surface area contributed by atoms with Crippen molar-refractivity contribution in [3.05, 3.63) is 170 Å². The van der Waals surface area contributed by atoms with Gasteiger partial charge in [-0.1, -0.05) is 147 Å². The van der Waals surface area contributed by atoms with E-state index in [2.05, 4.69) is 164 Å². The zero-order valence-electron chi connectivity index (χ0n) is 26.0.